The van der Waals surface area contributed by atoms with E-state index in [2.05, 4.69) is 5.32 Å². The van der Waals surface area contributed by atoms with Gasteiger partial charge in [0, 0.05) is 11.1 Å². The number of imide groups is 1. The second-order valence-electron chi connectivity index (χ2n) is 8.15. The van der Waals surface area contributed by atoms with E-state index in [1.165, 1.54) is 48.5 Å². The summed E-state index contributed by atoms with van der Waals surface area (Å²) in [5.74, 6) is -1.97. The Morgan fingerprint density at radius 3 is 2.06 bits per heavy atom. The van der Waals surface area contributed by atoms with Gasteiger partial charge in [0.25, 0.3) is 5.91 Å². The van der Waals surface area contributed by atoms with Gasteiger partial charge in [0.05, 0.1) is 0 Å². The highest BCUT2D eigenvalue weighted by molar-refractivity contribution is 6.09. The Hall–Kier alpha value is -4.33. The first-order valence-electron chi connectivity index (χ1n) is 10.5. The van der Waals surface area contributed by atoms with Crippen LogP contribution in [-0.4, -0.2) is 35.1 Å². The maximum absolute atomic E-state index is 13.1. The highest BCUT2D eigenvalue weighted by Gasteiger charge is 2.49. The molecule has 8 heteroatoms. The molecule has 3 aromatic rings. The number of carbonyl (C=O) groups excluding carboxylic acids is 4. The first kappa shape index (κ1) is 22.8. The lowest BCUT2D eigenvalue weighted by molar-refractivity contribution is -0.140. The topological polar surface area (TPSA) is 92.8 Å². The van der Waals surface area contributed by atoms with E-state index in [4.69, 9.17) is 4.74 Å². The van der Waals surface area contributed by atoms with Gasteiger partial charge in [0.2, 0.25) is 0 Å². The summed E-state index contributed by atoms with van der Waals surface area (Å²) in [5.41, 5.74) is 0.979. The van der Waals surface area contributed by atoms with Crippen LogP contribution in [0, 0.1) is 12.7 Å². The first-order chi connectivity index (χ1) is 16.2. The lowest BCUT2D eigenvalue weighted by Gasteiger charge is -2.22. The fourth-order valence-corrected chi connectivity index (χ4v) is 3.66. The molecular weight excluding hydrogens is 439 g/mol. The average molecular weight is 460 g/mol. The fourth-order valence-electron chi connectivity index (χ4n) is 3.66. The Kier molecular flexibility index (Phi) is 5.98. The normalized spacial score (nSPS) is 17.4. The number of esters is 1. The Balaban J connectivity index is 1.41. The monoisotopic (exact) mass is 460 g/mol. The van der Waals surface area contributed by atoms with E-state index < -0.39 is 35.8 Å². The molecule has 1 aliphatic heterocycles. The van der Waals surface area contributed by atoms with Crippen molar-refractivity contribution in [3.05, 3.63) is 101 Å². The highest BCUT2D eigenvalue weighted by Crippen LogP contribution is 2.29. The smallest absolute Gasteiger partial charge is 0.331 e. The van der Waals surface area contributed by atoms with Gasteiger partial charge in [-0.05, 0) is 67.9 Å². The molecule has 1 N–H and O–H groups in total. The van der Waals surface area contributed by atoms with Gasteiger partial charge < -0.3 is 10.1 Å². The molecule has 0 bridgehead atoms. The summed E-state index contributed by atoms with van der Waals surface area (Å²) >= 11 is 0. The Morgan fingerprint density at radius 1 is 0.912 bits per heavy atom. The van der Waals surface area contributed by atoms with Gasteiger partial charge in [0.1, 0.15) is 23.7 Å². The van der Waals surface area contributed by atoms with Crippen LogP contribution in [0.4, 0.5) is 9.18 Å². The van der Waals surface area contributed by atoms with E-state index in [1.54, 1.807) is 19.1 Å². The zero-order valence-corrected chi connectivity index (χ0v) is 18.5. The molecule has 3 amide bonds. The molecule has 1 saturated heterocycles. The molecule has 0 spiro atoms. The number of aryl methyl sites for hydroxylation is 1. The number of nitrogens with one attached hydrogen (secondary N) is 1. The number of nitrogens with zero attached hydrogens (tertiary/aromatic N) is 1. The van der Waals surface area contributed by atoms with Crippen LogP contribution in [0.15, 0.2) is 72.8 Å². The third kappa shape index (κ3) is 4.43. The number of hydrogen-bond donors (Lipinski definition) is 1. The lowest BCUT2D eigenvalue weighted by atomic mass is 9.91. The van der Waals surface area contributed by atoms with Gasteiger partial charge >= 0.3 is 12.0 Å². The molecule has 0 aliphatic carbocycles. The molecule has 1 heterocycles. The molecular formula is C26H21FN2O5. The number of amides is 3. The van der Waals surface area contributed by atoms with Crippen molar-refractivity contribution in [3.8, 4) is 5.75 Å². The molecule has 4 rings (SSSR count). The van der Waals surface area contributed by atoms with E-state index in [0.29, 0.717) is 16.7 Å². The van der Waals surface area contributed by atoms with Crippen molar-refractivity contribution >= 4 is 23.7 Å². The third-order valence-corrected chi connectivity index (χ3v) is 5.65. The van der Waals surface area contributed by atoms with Crippen molar-refractivity contribution < 1.29 is 28.3 Å². The van der Waals surface area contributed by atoms with Crippen molar-refractivity contribution in [3.63, 3.8) is 0 Å². The minimum atomic E-state index is -1.28. The number of carbonyl (C=O) groups is 4. The molecule has 1 fully saturated rings. The summed E-state index contributed by atoms with van der Waals surface area (Å²) in [5, 5.41) is 2.64. The van der Waals surface area contributed by atoms with Crippen molar-refractivity contribution in [1.29, 1.82) is 0 Å². The summed E-state index contributed by atoms with van der Waals surface area (Å²) in [6, 6.07) is 17.4. The zero-order chi connectivity index (χ0) is 24.5. The van der Waals surface area contributed by atoms with E-state index >= 15 is 0 Å². The maximum Gasteiger partial charge on any atom is 0.331 e. The highest BCUT2D eigenvalue weighted by atomic mass is 19.1. The molecule has 0 radical (unpaired) electrons. The number of urea groups is 1. The maximum atomic E-state index is 13.1. The first-order valence-corrected chi connectivity index (χ1v) is 10.5. The second-order valence-corrected chi connectivity index (χ2v) is 8.15. The predicted octanol–water partition coefficient (Wildman–Crippen LogP) is 3.74. The standard InChI is InChI=1S/C26H21FN2O5/c1-16-3-9-19(10-4-16)26(2)24(32)29(25(33)28-26)15-22(30)34-21-13-7-18(8-14-21)23(31)17-5-11-20(27)12-6-17/h3-14H,15H2,1-2H3,(H,28,33)/t26-/m1/s1. The number of halogens is 1. The molecule has 0 aromatic heterocycles. The van der Waals surface area contributed by atoms with Crippen molar-refractivity contribution in [2.45, 2.75) is 19.4 Å². The molecule has 1 aliphatic rings. The Bertz CT molecular complexity index is 1270. The minimum Gasteiger partial charge on any atom is -0.425 e. The SMILES string of the molecule is Cc1ccc([C@@]2(C)NC(=O)N(CC(=O)Oc3ccc(C(=O)c4ccc(F)cc4)cc3)C2=O)cc1. The lowest BCUT2D eigenvalue weighted by Crippen LogP contribution is -2.41. The number of benzene rings is 3. The van der Waals surface area contributed by atoms with Gasteiger partial charge in [-0.1, -0.05) is 29.8 Å². The van der Waals surface area contributed by atoms with Crippen LogP contribution >= 0.6 is 0 Å². The summed E-state index contributed by atoms with van der Waals surface area (Å²) in [4.78, 5) is 51.1. The van der Waals surface area contributed by atoms with Gasteiger partial charge in [-0.3, -0.25) is 14.5 Å². The zero-order valence-electron chi connectivity index (χ0n) is 18.5. The van der Waals surface area contributed by atoms with Crippen molar-refractivity contribution in [1.82, 2.24) is 10.2 Å². The van der Waals surface area contributed by atoms with Gasteiger partial charge in [-0.2, -0.15) is 0 Å². The largest absolute Gasteiger partial charge is 0.425 e. The second kappa shape index (κ2) is 8.90. The molecule has 7 nitrogen and oxygen atoms in total. The molecule has 3 aromatic carbocycles. The number of hydrogen-bond acceptors (Lipinski definition) is 5. The molecule has 0 unspecified atom stereocenters. The number of ketones is 1. The summed E-state index contributed by atoms with van der Waals surface area (Å²) in [6.45, 7) is 2.93. The third-order valence-electron chi connectivity index (χ3n) is 5.65. The van der Waals surface area contributed by atoms with Gasteiger partial charge in [0.15, 0.2) is 5.78 Å². The van der Waals surface area contributed by atoms with Crippen LogP contribution in [-0.2, 0) is 15.1 Å². The summed E-state index contributed by atoms with van der Waals surface area (Å²) < 4.78 is 18.3. The van der Waals surface area contributed by atoms with E-state index in [9.17, 15) is 23.6 Å². The molecule has 1 atom stereocenters. The van der Waals surface area contributed by atoms with Crippen LogP contribution in [0.3, 0.4) is 0 Å². The Labute approximate surface area is 195 Å². The molecule has 0 saturated carbocycles. The van der Waals surface area contributed by atoms with Crippen LogP contribution in [0.1, 0.15) is 34.0 Å². The number of ether oxygens (including phenoxy) is 1. The number of rotatable bonds is 6. The fraction of sp³-hybridized carbons (Fsp3) is 0.154. The van der Waals surface area contributed by atoms with Crippen LogP contribution < -0.4 is 10.1 Å². The van der Waals surface area contributed by atoms with Crippen molar-refractivity contribution in [2.75, 3.05) is 6.54 Å². The summed E-state index contributed by atoms with van der Waals surface area (Å²) in [6.07, 6.45) is 0. The molecule has 34 heavy (non-hydrogen) atoms. The summed E-state index contributed by atoms with van der Waals surface area (Å²) in [7, 11) is 0. The molecule has 172 valence electrons. The van der Waals surface area contributed by atoms with Crippen molar-refractivity contribution in [2.24, 2.45) is 0 Å². The van der Waals surface area contributed by atoms with E-state index in [1.807, 2.05) is 19.1 Å². The van der Waals surface area contributed by atoms with Crippen LogP contribution in [0.25, 0.3) is 0 Å². The minimum absolute atomic E-state index is 0.147. The Morgan fingerprint density at radius 2 is 1.47 bits per heavy atom. The van der Waals surface area contributed by atoms with Gasteiger partial charge in [-0.25, -0.2) is 14.0 Å². The van der Waals surface area contributed by atoms with E-state index in [0.717, 1.165) is 10.5 Å². The van der Waals surface area contributed by atoms with E-state index in [-0.39, 0.29) is 11.5 Å². The van der Waals surface area contributed by atoms with Crippen LogP contribution in [0.5, 0.6) is 5.75 Å². The quantitative estimate of drug-likeness (QED) is 0.262. The van der Waals surface area contributed by atoms with Gasteiger partial charge in [-0.15, -0.1) is 0 Å². The average Bonchev–Trinajstić information content (AvgIpc) is 3.03. The predicted molar refractivity (Wildman–Crippen MR) is 121 cm³/mol. The van der Waals surface area contributed by atoms with Crippen LogP contribution in [0.2, 0.25) is 0 Å².